The largest absolute Gasteiger partial charge is 0.283 e. The van der Waals surface area contributed by atoms with Crippen LogP contribution in [0.5, 0.6) is 0 Å². The number of halogens is 1. The number of benzene rings is 2. The van der Waals surface area contributed by atoms with Gasteiger partial charge in [0.05, 0.1) is 11.4 Å². The van der Waals surface area contributed by atoms with Gasteiger partial charge in [0.25, 0.3) is 0 Å². The minimum atomic E-state index is -0.0689. The van der Waals surface area contributed by atoms with Crippen LogP contribution in [0, 0.1) is 0 Å². The van der Waals surface area contributed by atoms with Gasteiger partial charge in [-0.15, -0.1) is 10.2 Å². The highest BCUT2D eigenvalue weighted by Crippen LogP contribution is 2.29. The van der Waals surface area contributed by atoms with Crippen molar-refractivity contribution in [2.24, 2.45) is 4.99 Å². The Hall–Kier alpha value is -2.46. The Kier molecular flexibility index (Phi) is 3.05. The molecule has 108 valence electrons. The Labute approximate surface area is 133 Å². The number of para-hydroxylation sites is 1. The number of aliphatic imine (C=N–C) groups is 1. The van der Waals surface area contributed by atoms with Crippen LogP contribution in [0.2, 0.25) is 5.02 Å². The molecule has 4 nitrogen and oxygen atoms in total. The lowest BCUT2D eigenvalue weighted by Crippen LogP contribution is -2.06. The maximum Gasteiger partial charge on any atom is 0.162 e. The van der Waals surface area contributed by atoms with E-state index in [1.165, 1.54) is 0 Å². The zero-order valence-corrected chi connectivity index (χ0v) is 12.7. The van der Waals surface area contributed by atoms with Gasteiger partial charge in [0.2, 0.25) is 0 Å². The highest BCUT2D eigenvalue weighted by Gasteiger charge is 2.23. The van der Waals surface area contributed by atoms with Crippen molar-refractivity contribution in [2.45, 2.75) is 13.0 Å². The van der Waals surface area contributed by atoms with Crippen molar-refractivity contribution in [3.05, 3.63) is 76.8 Å². The summed E-state index contributed by atoms with van der Waals surface area (Å²) < 4.78 is 2.01. The standard InChI is InChI=1S/C17H13ClN4/c1-11-17-21-19-10-22(17)15-5-3-2-4-14(15)16(20-11)12-6-8-13(18)9-7-12/h2-11H,1H3. The first-order valence-corrected chi connectivity index (χ1v) is 7.45. The predicted octanol–water partition coefficient (Wildman–Crippen LogP) is 3.83. The van der Waals surface area contributed by atoms with E-state index < -0.39 is 0 Å². The van der Waals surface area contributed by atoms with Crippen LogP contribution in [0.1, 0.15) is 29.9 Å². The number of rotatable bonds is 1. The normalized spacial score (nSPS) is 16.5. The Morgan fingerprint density at radius 3 is 2.64 bits per heavy atom. The van der Waals surface area contributed by atoms with Crippen molar-refractivity contribution in [1.82, 2.24) is 14.8 Å². The number of aromatic nitrogens is 3. The van der Waals surface area contributed by atoms with Gasteiger partial charge in [-0.05, 0) is 25.1 Å². The first kappa shape index (κ1) is 13.2. The highest BCUT2D eigenvalue weighted by atomic mass is 35.5. The van der Waals surface area contributed by atoms with Crippen LogP contribution in [0.4, 0.5) is 0 Å². The molecule has 1 aromatic heterocycles. The third-order valence-electron chi connectivity index (χ3n) is 3.81. The van der Waals surface area contributed by atoms with E-state index in [-0.39, 0.29) is 6.04 Å². The first-order chi connectivity index (χ1) is 10.7. The van der Waals surface area contributed by atoms with Crippen LogP contribution in [0.15, 0.2) is 59.9 Å². The summed E-state index contributed by atoms with van der Waals surface area (Å²) >= 11 is 6.01. The molecule has 5 heteroatoms. The van der Waals surface area contributed by atoms with Crippen molar-refractivity contribution in [3.8, 4) is 5.69 Å². The number of fused-ring (bicyclic) bond motifs is 3. The lowest BCUT2D eigenvalue weighted by molar-refractivity contribution is 0.724. The third kappa shape index (κ3) is 2.04. The summed E-state index contributed by atoms with van der Waals surface area (Å²) in [4.78, 5) is 4.88. The Balaban J connectivity index is 1.98. The topological polar surface area (TPSA) is 43.1 Å². The van der Waals surface area contributed by atoms with E-state index in [0.717, 1.165) is 33.4 Å². The van der Waals surface area contributed by atoms with Gasteiger partial charge < -0.3 is 0 Å². The van der Waals surface area contributed by atoms with Gasteiger partial charge in [0.1, 0.15) is 12.4 Å². The fourth-order valence-electron chi connectivity index (χ4n) is 2.76. The Morgan fingerprint density at radius 1 is 1.05 bits per heavy atom. The van der Waals surface area contributed by atoms with E-state index >= 15 is 0 Å². The van der Waals surface area contributed by atoms with E-state index in [9.17, 15) is 0 Å². The zero-order chi connectivity index (χ0) is 15.1. The summed E-state index contributed by atoms with van der Waals surface area (Å²) in [5, 5.41) is 8.97. The SMILES string of the molecule is CC1N=C(c2ccc(Cl)cc2)c2ccccc2-n2cnnc21. The second-order valence-corrected chi connectivity index (χ2v) is 5.67. The van der Waals surface area contributed by atoms with Crippen molar-refractivity contribution >= 4 is 17.3 Å². The van der Waals surface area contributed by atoms with Crippen LogP contribution < -0.4 is 0 Å². The maximum atomic E-state index is 6.01. The van der Waals surface area contributed by atoms with E-state index in [0.29, 0.717) is 0 Å². The van der Waals surface area contributed by atoms with Crippen LogP contribution in [0.25, 0.3) is 5.69 Å². The molecule has 1 aliphatic rings. The molecule has 2 heterocycles. The second kappa shape index (κ2) is 5.07. The Morgan fingerprint density at radius 2 is 1.82 bits per heavy atom. The summed E-state index contributed by atoms with van der Waals surface area (Å²) in [6, 6.07) is 15.9. The monoisotopic (exact) mass is 308 g/mol. The zero-order valence-electron chi connectivity index (χ0n) is 11.9. The first-order valence-electron chi connectivity index (χ1n) is 7.07. The molecular formula is C17H13ClN4. The van der Waals surface area contributed by atoms with Crippen LogP contribution in [0.3, 0.4) is 0 Å². The lowest BCUT2D eigenvalue weighted by Gasteiger charge is -2.10. The van der Waals surface area contributed by atoms with Gasteiger partial charge in [-0.2, -0.15) is 0 Å². The molecule has 3 aromatic rings. The van der Waals surface area contributed by atoms with Gasteiger partial charge in [-0.3, -0.25) is 9.56 Å². The average molecular weight is 309 g/mol. The molecule has 22 heavy (non-hydrogen) atoms. The van der Waals surface area contributed by atoms with E-state index in [1.807, 2.05) is 47.9 Å². The molecule has 4 rings (SSSR count). The maximum absolute atomic E-state index is 6.01. The fraction of sp³-hybridized carbons (Fsp3) is 0.118. The van der Waals surface area contributed by atoms with Crippen molar-refractivity contribution in [2.75, 3.05) is 0 Å². The summed E-state index contributed by atoms with van der Waals surface area (Å²) in [5.74, 6) is 0.844. The van der Waals surface area contributed by atoms with Crippen molar-refractivity contribution in [1.29, 1.82) is 0 Å². The van der Waals surface area contributed by atoms with E-state index in [4.69, 9.17) is 16.6 Å². The molecule has 0 amide bonds. The molecular weight excluding hydrogens is 296 g/mol. The molecule has 2 aromatic carbocycles. The minimum Gasteiger partial charge on any atom is -0.283 e. The average Bonchev–Trinajstić information content (AvgIpc) is 2.99. The summed E-state index contributed by atoms with van der Waals surface area (Å²) in [6.07, 6.45) is 1.74. The molecule has 0 bridgehead atoms. The summed E-state index contributed by atoms with van der Waals surface area (Å²) in [7, 11) is 0. The van der Waals surface area contributed by atoms with E-state index in [2.05, 4.69) is 22.3 Å². The fourth-order valence-corrected chi connectivity index (χ4v) is 2.88. The number of hydrogen-bond acceptors (Lipinski definition) is 3. The Bertz CT molecular complexity index is 864. The molecule has 1 atom stereocenters. The third-order valence-corrected chi connectivity index (χ3v) is 4.06. The van der Waals surface area contributed by atoms with Crippen LogP contribution in [-0.2, 0) is 0 Å². The molecule has 1 aliphatic heterocycles. The second-order valence-electron chi connectivity index (χ2n) is 5.24. The quantitative estimate of drug-likeness (QED) is 0.685. The molecule has 0 aliphatic carbocycles. The summed E-state index contributed by atoms with van der Waals surface area (Å²) in [6.45, 7) is 2.03. The van der Waals surface area contributed by atoms with Gasteiger partial charge >= 0.3 is 0 Å². The smallest absolute Gasteiger partial charge is 0.162 e. The van der Waals surface area contributed by atoms with Gasteiger partial charge in [-0.1, -0.05) is 41.9 Å². The van der Waals surface area contributed by atoms with Crippen molar-refractivity contribution in [3.63, 3.8) is 0 Å². The molecule has 0 saturated heterocycles. The minimum absolute atomic E-state index is 0.0689. The van der Waals surface area contributed by atoms with E-state index in [1.54, 1.807) is 6.33 Å². The number of hydrogen-bond donors (Lipinski definition) is 0. The molecule has 0 fully saturated rings. The van der Waals surface area contributed by atoms with Crippen LogP contribution in [-0.4, -0.2) is 20.5 Å². The van der Waals surface area contributed by atoms with Crippen LogP contribution >= 0.6 is 11.6 Å². The molecule has 1 unspecified atom stereocenters. The molecule has 0 N–H and O–H groups in total. The summed E-state index contributed by atoms with van der Waals surface area (Å²) in [5.41, 5.74) is 4.10. The predicted molar refractivity (Wildman–Crippen MR) is 86.9 cm³/mol. The number of nitrogens with zero attached hydrogens (tertiary/aromatic N) is 4. The molecule has 0 saturated carbocycles. The van der Waals surface area contributed by atoms with Gasteiger partial charge in [0.15, 0.2) is 5.82 Å². The van der Waals surface area contributed by atoms with Gasteiger partial charge in [0, 0.05) is 16.1 Å². The van der Waals surface area contributed by atoms with Crippen molar-refractivity contribution < 1.29 is 0 Å². The highest BCUT2D eigenvalue weighted by molar-refractivity contribution is 6.30. The molecule has 0 radical (unpaired) electrons. The van der Waals surface area contributed by atoms with Gasteiger partial charge in [-0.25, -0.2) is 0 Å². The lowest BCUT2D eigenvalue weighted by atomic mass is 10.0. The molecule has 0 spiro atoms.